The third-order valence-corrected chi connectivity index (χ3v) is 2.78. The van der Waals surface area contributed by atoms with Crippen molar-refractivity contribution >= 4 is 17.4 Å². The molecule has 96 valence electrons. The number of nitrogens with one attached hydrogen (secondary N) is 1. The first kappa shape index (κ1) is 14.0. The highest BCUT2D eigenvalue weighted by Crippen LogP contribution is 2.20. The highest BCUT2D eigenvalue weighted by atomic mass is 35.5. The monoisotopic (exact) mass is 257 g/mol. The first-order valence-electron chi connectivity index (χ1n) is 5.78. The Kier molecular flexibility index (Phi) is 5.48. The van der Waals surface area contributed by atoms with Gasteiger partial charge in [0.2, 0.25) is 5.88 Å². The maximum absolute atomic E-state index is 6.21. The van der Waals surface area contributed by atoms with E-state index in [9.17, 15) is 0 Å². The van der Waals surface area contributed by atoms with Crippen molar-refractivity contribution in [2.75, 3.05) is 19.0 Å². The molecule has 1 aromatic rings. The Morgan fingerprint density at radius 1 is 1.41 bits per heavy atom. The molecule has 0 fully saturated rings. The summed E-state index contributed by atoms with van der Waals surface area (Å²) in [6.07, 6.45) is 2.47. The van der Waals surface area contributed by atoms with Crippen LogP contribution in [0.3, 0.4) is 0 Å². The predicted molar refractivity (Wildman–Crippen MR) is 70.9 cm³/mol. The molecule has 1 atom stereocenters. The van der Waals surface area contributed by atoms with E-state index in [0.717, 1.165) is 17.8 Å². The molecule has 1 aromatic heterocycles. The van der Waals surface area contributed by atoms with Crippen molar-refractivity contribution in [3.8, 4) is 5.88 Å². The van der Waals surface area contributed by atoms with E-state index in [4.69, 9.17) is 16.3 Å². The van der Waals surface area contributed by atoms with E-state index in [1.807, 2.05) is 6.92 Å². The van der Waals surface area contributed by atoms with E-state index in [-0.39, 0.29) is 5.38 Å². The molecule has 1 N–H and O–H groups in total. The third-order valence-electron chi connectivity index (χ3n) is 2.45. The molecule has 4 nitrogen and oxygen atoms in total. The highest BCUT2D eigenvalue weighted by molar-refractivity contribution is 6.20. The number of ether oxygens (including phenoxy) is 1. The van der Waals surface area contributed by atoms with Crippen molar-refractivity contribution < 1.29 is 4.74 Å². The fraction of sp³-hybridized carbons (Fsp3) is 0.667. The van der Waals surface area contributed by atoms with Gasteiger partial charge in [-0.1, -0.05) is 13.8 Å². The van der Waals surface area contributed by atoms with Gasteiger partial charge in [-0.15, -0.1) is 11.6 Å². The number of hydrogen-bond donors (Lipinski definition) is 1. The molecule has 1 heterocycles. The molecule has 0 amide bonds. The first-order chi connectivity index (χ1) is 8.04. The molecule has 0 saturated carbocycles. The molecule has 0 aliphatic rings. The summed E-state index contributed by atoms with van der Waals surface area (Å²) in [5, 5.41) is 3.34. The molecule has 0 radical (unpaired) electrons. The second kappa shape index (κ2) is 6.64. The van der Waals surface area contributed by atoms with Crippen LogP contribution in [-0.2, 0) is 0 Å². The van der Waals surface area contributed by atoms with Crippen molar-refractivity contribution in [2.24, 2.45) is 5.92 Å². The molecule has 0 spiro atoms. The van der Waals surface area contributed by atoms with Gasteiger partial charge in [0, 0.05) is 6.54 Å². The fourth-order valence-electron chi connectivity index (χ4n) is 1.62. The Morgan fingerprint density at radius 2 is 2.12 bits per heavy atom. The number of halogens is 1. The predicted octanol–water partition coefficient (Wildman–Crippen LogP) is 2.86. The molecule has 0 saturated heterocycles. The normalized spacial score (nSPS) is 12.6. The van der Waals surface area contributed by atoms with Crippen molar-refractivity contribution in [3.63, 3.8) is 0 Å². The van der Waals surface area contributed by atoms with Gasteiger partial charge in [-0.25, -0.2) is 9.97 Å². The number of nitrogens with zero attached hydrogens (tertiary/aromatic N) is 2. The lowest BCUT2D eigenvalue weighted by atomic mass is 10.1. The lowest BCUT2D eigenvalue weighted by molar-refractivity contribution is 0.393. The smallest absolute Gasteiger partial charge is 0.221 e. The van der Waals surface area contributed by atoms with E-state index in [1.54, 1.807) is 7.11 Å². The molecule has 1 rings (SSSR count). The molecule has 17 heavy (non-hydrogen) atoms. The van der Waals surface area contributed by atoms with E-state index in [1.165, 1.54) is 6.33 Å². The van der Waals surface area contributed by atoms with Gasteiger partial charge in [-0.3, -0.25) is 0 Å². The van der Waals surface area contributed by atoms with Crippen LogP contribution in [0.25, 0.3) is 0 Å². The number of hydrogen-bond acceptors (Lipinski definition) is 4. The number of aromatic nitrogens is 2. The maximum Gasteiger partial charge on any atom is 0.221 e. The largest absolute Gasteiger partial charge is 0.481 e. The maximum atomic E-state index is 6.21. The molecular formula is C12H20ClN3O. The summed E-state index contributed by atoms with van der Waals surface area (Å²) in [6, 6.07) is 0. The summed E-state index contributed by atoms with van der Waals surface area (Å²) < 4.78 is 5.13. The van der Waals surface area contributed by atoms with Crippen LogP contribution in [0.2, 0.25) is 0 Å². The number of rotatable bonds is 6. The molecule has 0 aromatic carbocycles. The van der Waals surface area contributed by atoms with Gasteiger partial charge in [-0.2, -0.15) is 0 Å². The Balaban J connectivity index is 2.57. The van der Waals surface area contributed by atoms with E-state index >= 15 is 0 Å². The summed E-state index contributed by atoms with van der Waals surface area (Å²) in [7, 11) is 1.60. The minimum atomic E-state index is 0.107. The van der Waals surface area contributed by atoms with E-state index in [2.05, 4.69) is 29.1 Å². The quantitative estimate of drug-likeness (QED) is 0.796. The van der Waals surface area contributed by atoms with Gasteiger partial charge < -0.3 is 10.1 Å². The zero-order valence-corrected chi connectivity index (χ0v) is 11.6. The number of methoxy groups -OCH3 is 1. The van der Waals surface area contributed by atoms with Crippen LogP contribution in [0.5, 0.6) is 5.88 Å². The zero-order chi connectivity index (χ0) is 12.8. The number of anilines is 1. The average Bonchev–Trinajstić information content (AvgIpc) is 2.27. The topological polar surface area (TPSA) is 47.0 Å². The summed E-state index contributed by atoms with van der Waals surface area (Å²) in [5.41, 5.74) is 0.906. The molecule has 5 heteroatoms. The molecule has 0 aliphatic carbocycles. The summed E-state index contributed by atoms with van der Waals surface area (Å²) in [5.74, 6) is 1.98. The summed E-state index contributed by atoms with van der Waals surface area (Å²) in [4.78, 5) is 8.20. The summed E-state index contributed by atoms with van der Waals surface area (Å²) in [6.45, 7) is 6.94. The highest BCUT2D eigenvalue weighted by Gasteiger charge is 2.10. The van der Waals surface area contributed by atoms with Crippen LogP contribution < -0.4 is 10.1 Å². The van der Waals surface area contributed by atoms with Crippen LogP contribution in [0.1, 0.15) is 25.8 Å². The lowest BCUT2D eigenvalue weighted by Crippen LogP contribution is -2.17. The van der Waals surface area contributed by atoms with Crippen LogP contribution in [0.15, 0.2) is 6.33 Å². The second-order valence-electron chi connectivity index (χ2n) is 4.46. The van der Waals surface area contributed by atoms with Crippen molar-refractivity contribution in [3.05, 3.63) is 11.9 Å². The Bertz CT molecular complexity index is 358. The minimum absolute atomic E-state index is 0.107. The van der Waals surface area contributed by atoms with Crippen molar-refractivity contribution in [2.45, 2.75) is 32.6 Å². The average molecular weight is 258 g/mol. The molecule has 0 bridgehead atoms. The van der Waals surface area contributed by atoms with E-state index in [0.29, 0.717) is 18.3 Å². The van der Waals surface area contributed by atoms with Crippen LogP contribution in [0, 0.1) is 12.8 Å². The molecular weight excluding hydrogens is 238 g/mol. The van der Waals surface area contributed by atoms with Crippen LogP contribution >= 0.6 is 11.6 Å². The van der Waals surface area contributed by atoms with E-state index < -0.39 is 0 Å². The zero-order valence-electron chi connectivity index (χ0n) is 10.8. The third kappa shape index (κ3) is 4.38. The standard InChI is InChI=1S/C12H20ClN3O/c1-8(2)5-10(13)6-14-11-9(3)12(17-4)16-7-15-11/h7-8,10H,5-6H2,1-4H3,(H,14,15,16). The Morgan fingerprint density at radius 3 is 2.71 bits per heavy atom. The van der Waals surface area contributed by atoms with Crippen molar-refractivity contribution in [1.82, 2.24) is 9.97 Å². The van der Waals surface area contributed by atoms with Crippen LogP contribution in [0.4, 0.5) is 5.82 Å². The van der Waals surface area contributed by atoms with Gasteiger partial charge in [0.15, 0.2) is 0 Å². The fourth-order valence-corrected chi connectivity index (χ4v) is 2.05. The minimum Gasteiger partial charge on any atom is -0.481 e. The van der Waals surface area contributed by atoms with Crippen LogP contribution in [-0.4, -0.2) is 29.0 Å². The molecule has 0 aliphatic heterocycles. The SMILES string of the molecule is COc1ncnc(NCC(Cl)CC(C)C)c1C. The first-order valence-corrected chi connectivity index (χ1v) is 6.21. The Labute approximate surface area is 108 Å². The number of alkyl halides is 1. The Hall–Kier alpha value is -1.03. The summed E-state index contributed by atoms with van der Waals surface area (Å²) >= 11 is 6.21. The van der Waals surface area contributed by atoms with Crippen molar-refractivity contribution in [1.29, 1.82) is 0 Å². The second-order valence-corrected chi connectivity index (χ2v) is 5.08. The van der Waals surface area contributed by atoms with Gasteiger partial charge in [-0.05, 0) is 19.3 Å². The van der Waals surface area contributed by atoms with Gasteiger partial charge in [0.1, 0.15) is 12.1 Å². The lowest BCUT2D eigenvalue weighted by Gasteiger charge is -2.15. The van der Waals surface area contributed by atoms with Gasteiger partial charge in [0.25, 0.3) is 0 Å². The van der Waals surface area contributed by atoms with Gasteiger partial charge in [0.05, 0.1) is 18.1 Å². The van der Waals surface area contributed by atoms with Gasteiger partial charge >= 0.3 is 0 Å². The molecule has 1 unspecified atom stereocenters.